The Hall–Kier alpha value is -1.43. The van der Waals surface area contributed by atoms with Gasteiger partial charge >= 0.3 is 16.2 Å². The van der Waals surface area contributed by atoms with Crippen molar-refractivity contribution in [1.82, 2.24) is 0 Å². The lowest BCUT2D eigenvalue weighted by atomic mass is 10.2. The highest BCUT2D eigenvalue weighted by molar-refractivity contribution is 7.86. The molecule has 0 radical (unpaired) electrons. The quantitative estimate of drug-likeness (QED) is 0.604. The molecule has 0 aliphatic carbocycles. The van der Waals surface area contributed by atoms with Gasteiger partial charge in [-0.2, -0.15) is 8.42 Å². The summed E-state index contributed by atoms with van der Waals surface area (Å²) in [6.45, 7) is 5.14. The molecule has 1 aromatic carbocycles. The Labute approximate surface area is 99.6 Å². The van der Waals surface area contributed by atoms with E-state index in [4.69, 9.17) is 4.74 Å². The second kappa shape index (κ2) is 4.44. The third-order valence-corrected chi connectivity index (χ3v) is 2.61. The van der Waals surface area contributed by atoms with Crippen LogP contribution < -0.4 is 0 Å². The minimum atomic E-state index is -4.73. The van der Waals surface area contributed by atoms with Gasteiger partial charge in [-0.1, -0.05) is 0 Å². The van der Waals surface area contributed by atoms with Crippen LogP contribution in [0, 0.1) is 0 Å². The highest BCUT2D eigenvalue weighted by atomic mass is 32.3. The first-order valence-electron chi connectivity index (χ1n) is 4.88. The number of carbonyl (C=O) groups is 1. The summed E-state index contributed by atoms with van der Waals surface area (Å²) >= 11 is 0. The van der Waals surface area contributed by atoms with E-state index in [1.54, 1.807) is 20.8 Å². The predicted molar refractivity (Wildman–Crippen MR) is 59.9 cm³/mol. The predicted octanol–water partition coefficient (Wildman–Crippen LogP) is 2.30. The standard InChI is InChI=1S/C11H13FO4S/c1-11(2,3)16-10(13)8-4-6-9(7-5-8)17(12,14)15/h4-7H,1-3H3. The maximum Gasteiger partial charge on any atom is 0.338 e. The van der Waals surface area contributed by atoms with Crippen LogP contribution in [0.15, 0.2) is 29.2 Å². The van der Waals surface area contributed by atoms with Crippen LogP contribution in [0.1, 0.15) is 31.1 Å². The van der Waals surface area contributed by atoms with Crippen molar-refractivity contribution in [3.63, 3.8) is 0 Å². The maximum absolute atomic E-state index is 12.6. The summed E-state index contributed by atoms with van der Waals surface area (Å²) in [5.41, 5.74) is -0.464. The molecule has 6 heteroatoms. The molecule has 0 bridgehead atoms. The molecule has 1 rings (SSSR count). The van der Waals surface area contributed by atoms with E-state index in [1.165, 1.54) is 12.1 Å². The lowest BCUT2D eigenvalue weighted by molar-refractivity contribution is 0.00694. The number of hydrogen-bond acceptors (Lipinski definition) is 4. The lowest BCUT2D eigenvalue weighted by Gasteiger charge is -2.19. The summed E-state index contributed by atoms with van der Waals surface area (Å²) in [5.74, 6) is -0.583. The number of carbonyl (C=O) groups excluding carboxylic acids is 1. The second-order valence-electron chi connectivity index (χ2n) is 4.46. The SMILES string of the molecule is CC(C)(C)OC(=O)c1ccc(S(=O)(=O)F)cc1. The largest absolute Gasteiger partial charge is 0.456 e. The summed E-state index contributed by atoms with van der Waals surface area (Å²) < 4.78 is 38.8. The third-order valence-electron chi connectivity index (χ3n) is 1.77. The van der Waals surface area contributed by atoms with Gasteiger partial charge in [0, 0.05) is 0 Å². The Bertz CT molecular complexity index is 511. The van der Waals surface area contributed by atoms with Gasteiger partial charge in [-0.15, -0.1) is 3.89 Å². The molecule has 0 atom stereocenters. The van der Waals surface area contributed by atoms with E-state index in [9.17, 15) is 17.1 Å². The Morgan fingerprint density at radius 3 is 2.00 bits per heavy atom. The summed E-state index contributed by atoms with van der Waals surface area (Å²) in [4.78, 5) is 11.1. The van der Waals surface area contributed by atoms with E-state index in [0.29, 0.717) is 0 Å². The van der Waals surface area contributed by atoms with Gasteiger partial charge in [0.2, 0.25) is 0 Å². The van der Waals surface area contributed by atoms with Crippen molar-refractivity contribution in [3.05, 3.63) is 29.8 Å². The number of esters is 1. The second-order valence-corrected chi connectivity index (χ2v) is 5.81. The van der Waals surface area contributed by atoms with Gasteiger partial charge in [0.1, 0.15) is 5.60 Å². The molecular formula is C11H13FO4S. The van der Waals surface area contributed by atoms with Crippen molar-refractivity contribution < 1.29 is 21.8 Å². The molecule has 0 spiro atoms. The van der Waals surface area contributed by atoms with Crippen LogP contribution in [0.25, 0.3) is 0 Å². The number of rotatable bonds is 2. The van der Waals surface area contributed by atoms with Crippen LogP contribution in [0.3, 0.4) is 0 Å². The average Bonchev–Trinajstić information content (AvgIpc) is 2.14. The van der Waals surface area contributed by atoms with Crippen molar-refractivity contribution in [2.75, 3.05) is 0 Å². The highest BCUT2D eigenvalue weighted by Crippen LogP contribution is 2.16. The smallest absolute Gasteiger partial charge is 0.338 e. The van der Waals surface area contributed by atoms with Gasteiger partial charge in [-0.05, 0) is 45.0 Å². The molecular weight excluding hydrogens is 247 g/mol. The molecule has 0 aromatic heterocycles. The molecule has 0 aliphatic rings. The number of halogens is 1. The molecule has 0 unspecified atom stereocenters. The van der Waals surface area contributed by atoms with Crippen LogP contribution in [0.2, 0.25) is 0 Å². The number of ether oxygens (including phenoxy) is 1. The molecule has 0 N–H and O–H groups in total. The van der Waals surface area contributed by atoms with Crippen molar-refractivity contribution in [1.29, 1.82) is 0 Å². The Balaban J connectivity index is 2.93. The molecule has 1 aromatic rings. The van der Waals surface area contributed by atoms with Crippen LogP contribution in [0.4, 0.5) is 3.89 Å². The fraction of sp³-hybridized carbons (Fsp3) is 0.364. The Morgan fingerprint density at radius 1 is 1.18 bits per heavy atom. The molecule has 94 valence electrons. The Kier molecular flexibility index (Phi) is 3.56. The summed E-state index contributed by atoms with van der Waals surface area (Å²) in [6.07, 6.45) is 0. The number of benzene rings is 1. The van der Waals surface area contributed by atoms with Crippen LogP contribution >= 0.6 is 0 Å². The first-order valence-corrected chi connectivity index (χ1v) is 6.26. The molecule has 17 heavy (non-hydrogen) atoms. The first kappa shape index (κ1) is 13.6. The minimum Gasteiger partial charge on any atom is -0.456 e. The van der Waals surface area contributed by atoms with Gasteiger partial charge in [0.15, 0.2) is 0 Å². The fourth-order valence-corrected chi connectivity index (χ4v) is 1.55. The maximum atomic E-state index is 12.6. The van der Waals surface area contributed by atoms with Gasteiger partial charge in [0.25, 0.3) is 0 Å². The van der Waals surface area contributed by atoms with E-state index in [1.807, 2.05) is 0 Å². The van der Waals surface area contributed by atoms with Gasteiger partial charge < -0.3 is 4.74 Å². The molecule has 0 aliphatic heterocycles. The van der Waals surface area contributed by atoms with E-state index in [-0.39, 0.29) is 5.56 Å². The number of hydrogen-bond donors (Lipinski definition) is 0. The van der Waals surface area contributed by atoms with Crippen molar-refractivity contribution >= 4 is 16.2 Å². The monoisotopic (exact) mass is 260 g/mol. The van der Waals surface area contributed by atoms with Crippen LogP contribution in [0.5, 0.6) is 0 Å². The summed E-state index contributed by atoms with van der Waals surface area (Å²) in [7, 11) is -4.73. The Morgan fingerprint density at radius 2 is 1.65 bits per heavy atom. The van der Waals surface area contributed by atoms with Crippen molar-refractivity contribution in [2.24, 2.45) is 0 Å². The topological polar surface area (TPSA) is 60.4 Å². The van der Waals surface area contributed by atoms with Crippen LogP contribution in [-0.4, -0.2) is 20.0 Å². The average molecular weight is 260 g/mol. The van der Waals surface area contributed by atoms with Gasteiger partial charge in [-0.3, -0.25) is 0 Å². The van der Waals surface area contributed by atoms with E-state index < -0.39 is 26.7 Å². The lowest BCUT2D eigenvalue weighted by Crippen LogP contribution is -2.23. The summed E-state index contributed by atoms with van der Waals surface area (Å²) in [5, 5.41) is 0. The molecule has 0 heterocycles. The normalized spacial score (nSPS) is 12.2. The first-order chi connectivity index (χ1) is 7.59. The fourth-order valence-electron chi connectivity index (χ4n) is 1.09. The molecule has 4 nitrogen and oxygen atoms in total. The highest BCUT2D eigenvalue weighted by Gasteiger charge is 2.18. The zero-order valence-electron chi connectivity index (χ0n) is 9.73. The van der Waals surface area contributed by atoms with Crippen LogP contribution in [-0.2, 0) is 15.0 Å². The third kappa shape index (κ3) is 4.14. The van der Waals surface area contributed by atoms with Gasteiger partial charge in [0.05, 0.1) is 10.5 Å². The zero-order chi connectivity index (χ0) is 13.3. The molecule has 0 saturated heterocycles. The molecule has 0 saturated carbocycles. The van der Waals surface area contributed by atoms with Crippen molar-refractivity contribution in [2.45, 2.75) is 31.3 Å². The summed E-state index contributed by atoms with van der Waals surface area (Å²) in [6, 6.07) is 4.46. The van der Waals surface area contributed by atoms with Gasteiger partial charge in [-0.25, -0.2) is 4.79 Å². The van der Waals surface area contributed by atoms with E-state index in [2.05, 4.69) is 0 Å². The van der Waals surface area contributed by atoms with E-state index >= 15 is 0 Å². The molecule has 0 amide bonds. The minimum absolute atomic E-state index is 0.173. The van der Waals surface area contributed by atoms with Crippen molar-refractivity contribution in [3.8, 4) is 0 Å². The van der Waals surface area contributed by atoms with E-state index in [0.717, 1.165) is 12.1 Å². The zero-order valence-corrected chi connectivity index (χ0v) is 10.5. The molecule has 0 fully saturated rings.